The van der Waals surface area contributed by atoms with E-state index in [1.165, 1.54) is 4.88 Å². The van der Waals surface area contributed by atoms with E-state index in [9.17, 15) is 4.79 Å². The molecule has 0 spiro atoms. The highest BCUT2D eigenvalue weighted by molar-refractivity contribution is 7.98. The smallest absolute Gasteiger partial charge is 0.254 e. The van der Waals surface area contributed by atoms with E-state index < -0.39 is 0 Å². The molecule has 5 heteroatoms. The van der Waals surface area contributed by atoms with Gasteiger partial charge >= 0.3 is 0 Å². The molecule has 2 aromatic rings. The van der Waals surface area contributed by atoms with Crippen molar-refractivity contribution in [2.45, 2.75) is 37.0 Å². The van der Waals surface area contributed by atoms with Crippen LogP contribution in [0.4, 0.5) is 0 Å². The first-order valence-corrected chi connectivity index (χ1v) is 10.1. The zero-order valence-electron chi connectivity index (χ0n) is 14.6. The van der Waals surface area contributed by atoms with Crippen molar-refractivity contribution in [3.05, 3.63) is 52.2 Å². The monoisotopic (exact) mass is 362 g/mol. The van der Waals surface area contributed by atoms with Gasteiger partial charge in [-0.2, -0.15) is 0 Å². The van der Waals surface area contributed by atoms with Crippen molar-refractivity contribution in [3.63, 3.8) is 0 Å². The standard InChI is InChI=1S/C19H26N2OS2/c1-14(2)17(20)10-11-21(3)19(22)16-8-4-5-9-18(16)24-13-15-7-6-12-23-15/h4-9,12,14,17H,10-11,13,20H2,1-3H3. The van der Waals surface area contributed by atoms with Crippen LogP contribution in [0, 0.1) is 5.92 Å². The third kappa shape index (κ3) is 5.36. The van der Waals surface area contributed by atoms with Crippen molar-refractivity contribution in [1.82, 2.24) is 4.90 Å². The van der Waals surface area contributed by atoms with Crippen molar-refractivity contribution in [2.75, 3.05) is 13.6 Å². The number of carbonyl (C=O) groups is 1. The number of hydrogen-bond acceptors (Lipinski definition) is 4. The van der Waals surface area contributed by atoms with Crippen LogP contribution in [0.2, 0.25) is 0 Å². The van der Waals surface area contributed by atoms with Crippen LogP contribution in [0.3, 0.4) is 0 Å². The van der Waals surface area contributed by atoms with Crippen LogP contribution in [0.15, 0.2) is 46.7 Å². The largest absolute Gasteiger partial charge is 0.342 e. The molecule has 0 bridgehead atoms. The normalized spacial score (nSPS) is 12.4. The summed E-state index contributed by atoms with van der Waals surface area (Å²) in [7, 11) is 1.86. The van der Waals surface area contributed by atoms with Gasteiger partial charge in [0.05, 0.1) is 5.56 Å². The Kier molecular flexibility index (Phi) is 7.34. The predicted octanol–water partition coefficient (Wildman–Crippen LogP) is 4.49. The molecular weight excluding hydrogens is 336 g/mol. The number of thioether (sulfide) groups is 1. The number of nitrogens with zero attached hydrogens (tertiary/aromatic N) is 1. The molecule has 1 atom stereocenters. The summed E-state index contributed by atoms with van der Waals surface area (Å²) in [6.45, 7) is 4.91. The number of rotatable bonds is 8. The molecule has 1 amide bonds. The van der Waals surface area contributed by atoms with Gasteiger partial charge in [0.1, 0.15) is 0 Å². The Balaban J connectivity index is 2.00. The number of nitrogens with two attached hydrogens (primary N) is 1. The molecular formula is C19H26N2OS2. The third-order valence-electron chi connectivity index (χ3n) is 4.07. The predicted molar refractivity (Wildman–Crippen MR) is 105 cm³/mol. The molecule has 2 N–H and O–H groups in total. The van der Waals surface area contributed by atoms with Crippen LogP contribution in [0.5, 0.6) is 0 Å². The lowest BCUT2D eigenvalue weighted by Gasteiger charge is -2.22. The van der Waals surface area contributed by atoms with Gasteiger partial charge < -0.3 is 10.6 Å². The Bertz CT molecular complexity index is 641. The molecule has 0 saturated carbocycles. The maximum absolute atomic E-state index is 12.8. The van der Waals surface area contributed by atoms with Gasteiger partial charge in [-0.1, -0.05) is 32.0 Å². The molecule has 3 nitrogen and oxygen atoms in total. The van der Waals surface area contributed by atoms with E-state index in [1.54, 1.807) is 28.0 Å². The zero-order chi connectivity index (χ0) is 17.5. The molecule has 1 unspecified atom stereocenters. The van der Waals surface area contributed by atoms with E-state index in [0.717, 1.165) is 22.6 Å². The molecule has 1 aromatic heterocycles. The van der Waals surface area contributed by atoms with Crippen molar-refractivity contribution in [1.29, 1.82) is 0 Å². The second-order valence-corrected chi connectivity index (χ2v) is 8.34. The first-order chi connectivity index (χ1) is 11.5. The van der Waals surface area contributed by atoms with Crippen molar-refractivity contribution in [2.24, 2.45) is 11.7 Å². The van der Waals surface area contributed by atoms with Gasteiger partial charge in [-0.15, -0.1) is 23.1 Å². The van der Waals surface area contributed by atoms with Crippen molar-refractivity contribution < 1.29 is 4.79 Å². The van der Waals surface area contributed by atoms with E-state index in [0.29, 0.717) is 12.5 Å². The summed E-state index contributed by atoms with van der Waals surface area (Å²) < 4.78 is 0. The number of thiophene rings is 1. The van der Waals surface area contributed by atoms with Crippen LogP contribution >= 0.6 is 23.1 Å². The van der Waals surface area contributed by atoms with E-state index in [-0.39, 0.29) is 11.9 Å². The van der Waals surface area contributed by atoms with Gasteiger partial charge in [0.15, 0.2) is 0 Å². The van der Waals surface area contributed by atoms with Crippen molar-refractivity contribution >= 4 is 29.0 Å². The summed E-state index contributed by atoms with van der Waals surface area (Å²) in [5.74, 6) is 1.39. The molecule has 24 heavy (non-hydrogen) atoms. The van der Waals surface area contributed by atoms with E-state index in [1.807, 2.05) is 31.3 Å². The minimum atomic E-state index is 0.0697. The zero-order valence-corrected chi connectivity index (χ0v) is 16.2. The fourth-order valence-corrected chi connectivity index (χ4v) is 4.11. The average molecular weight is 363 g/mol. The Hall–Kier alpha value is -1.30. The molecule has 2 rings (SSSR count). The topological polar surface area (TPSA) is 46.3 Å². The third-order valence-corrected chi connectivity index (χ3v) is 6.25. The molecule has 0 aliphatic carbocycles. The highest BCUT2D eigenvalue weighted by Gasteiger charge is 2.17. The highest BCUT2D eigenvalue weighted by atomic mass is 32.2. The summed E-state index contributed by atoms with van der Waals surface area (Å²) in [6, 6.07) is 12.2. The van der Waals surface area contributed by atoms with Crippen LogP contribution in [-0.4, -0.2) is 30.4 Å². The first kappa shape index (κ1) is 19.0. The molecule has 0 saturated heterocycles. The second-order valence-electron chi connectivity index (χ2n) is 6.29. The van der Waals surface area contributed by atoms with Gasteiger partial charge in [0, 0.05) is 35.2 Å². The quantitative estimate of drug-likeness (QED) is 0.704. The maximum Gasteiger partial charge on any atom is 0.254 e. The summed E-state index contributed by atoms with van der Waals surface area (Å²) in [5.41, 5.74) is 6.87. The molecule has 1 heterocycles. The van der Waals surface area contributed by atoms with Gasteiger partial charge in [-0.3, -0.25) is 4.79 Å². The van der Waals surface area contributed by atoms with Gasteiger partial charge in [0.2, 0.25) is 0 Å². The maximum atomic E-state index is 12.8. The van der Waals surface area contributed by atoms with E-state index in [4.69, 9.17) is 5.73 Å². The molecule has 0 aliphatic heterocycles. The fourth-order valence-electron chi connectivity index (χ4n) is 2.30. The Morgan fingerprint density at radius 2 is 2.00 bits per heavy atom. The molecule has 0 radical (unpaired) electrons. The van der Waals surface area contributed by atoms with Crippen LogP contribution < -0.4 is 5.73 Å². The summed E-state index contributed by atoms with van der Waals surface area (Å²) >= 11 is 3.46. The molecule has 0 fully saturated rings. The van der Waals surface area contributed by atoms with Gasteiger partial charge in [-0.05, 0) is 35.9 Å². The summed E-state index contributed by atoms with van der Waals surface area (Å²) in [5, 5.41) is 2.08. The molecule has 1 aromatic carbocycles. The van der Waals surface area contributed by atoms with Gasteiger partial charge in [0.25, 0.3) is 5.91 Å². The number of carbonyl (C=O) groups excluding carboxylic acids is 1. The lowest BCUT2D eigenvalue weighted by atomic mass is 10.0. The minimum Gasteiger partial charge on any atom is -0.342 e. The summed E-state index contributed by atoms with van der Waals surface area (Å²) in [6.07, 6.45) is 0.824. The Morgan fingerprint density at radius 1 is 1.25 bits per heavy atom. The second kappa shape index (κ2) is 9.25. The lowest BCUT2D eigenvalue weighted by Crippen LogP contribution is -2.34. The van der Waals surface area contributed by atoms with Crippen LogP contribution in [0.1, 0.15) is 35.5 Å². The lowest BCUT2D eigenvalue weighted by molar-refractivity contribution is 0.0786. The molecule has 0 aliphatic rings. The summed E-state index contributed by atoms with van der Waals surface area (Å²) in [4.78, 5) is 16.9. The molecule has 130 valence electrons. The Morgan fingerprint density at radius 3 is 2.67 bits per heavy atom. The minimum absolute atomic E-state index is 0.0697. The van der Waals surface area contributed by atoms with Gasteiger partial charge in [-0.25, -0.2) is 0 Å². The fraction of sp³-hybridized carbons (Fsp3) is 0.421. The van der Waals surface area contributed by atoms with E-state index in [2.05, 4.69) is 31.4 Å². The average Bonchev–Trinajstić information content (AvgIpc) is 3.10. The van der Waals surface area contributed by atoms with Crippen molar-refractivity contribution in [3.8, 4) is 0 Å². The first-order valence-electron chi connectivity index (χ1n) is 8.24. The number of benzene rings is 1. The van der Waals surface area contributed by atoms with Crippen LogP contribution in [-0.2, 0) is 5.75 Å². The highest BCUT2D eigenvalue weighted by Crippen LogP contribution is 2.28. The van der Waals surface area contributed by atoms with Crippen LogP contribution in [0.25, 0.3) is 0 Å². The van der Waals surface area contributed by atoms with E-state index >= 15 is 0 Å². The Labute approximate surface area is 153 Å². The SMILES string of the molecule is CC(C)C(N)CCN(C)C(=O)c1ccccc1SCc1cccs1. The number of hydrogen-bond donors (Lipinski definition) is 1. The number of amides is 1.